The second kappa shape index (κ2) is 13.3. The SMILES string of the molecule is CC[C@@H](C(=O)NC(C)C)N(Cc1ccc(Cl)cc1)C(=O)CN(c1ccc(Cl)cc1C)S(=O)(=O)c1ccccc1. The smallest absolute Gasteiger partial charge is 0.264 e. The number of anilines is 1. The molecule has 0 spiro atoms. The van der Waals surface area contributed by atoms with Crippen LogP contribution in [0.1, 0.15) is 38.3 Å². The van der Waals surface area contributed by atoms with Crippen molar-refractivity contribution in [2.75, 3.05) is 10.8 Å². The molecule has 1 N–H and O–H groups in total. The van der Waals surface area contributed by atoms with Crippen LogP contribution >= 0.6 is 23.2 Å². The molecule has 0 bridgehead atoms. The minimum Gasteiger partial charge on any atom is -0.352 e. The number of hydrogen-bond donors (Lipinski definition) is 1. The van der Waals surface area contributed by atoms with Gasteiger partial charge in [0.25, 0.3) is 10.0 Å². The molecule has 2 amide bonds. The molecule has 0 heterocycles. The maximum absolute atomic E-state index is 14.0. The summed E-state index contributed by atoms with van der Waals surface area (Å²) in [4.78, 5) is 28.7. The van der Waals surface area contributed by atoms with E-state index < -0.39 is 28.5 Å². The zero-order valence-corrected chi connectivity index (χ0v) is 24.7. The summed E-state index contributed by atoms with van der Waals surface area (Å²) < 4.78 is 28.8. The molecule has 0 saturated heterocycles. The number of benzene rings is 3. The Morgan fingerprint density at radius 2 is 1.54 bits per heavy atom. The molecule has 0 aliphatic carbocycles. The largest absolute Gasteiger partial charge is 0.352 e. The molecule has 0 unspecified atom stereocenters. The van der Waals surface area contributed by atoms with E-state index in [1.807, 2.05) is 20.8 Å². The van der Waals surface area contributed by atoms with Gasteiger partial charge < -0.3 is 10.2 Å². The molecule has 0 aromatic heterocycles. The maximum atomic E-state index is 14.0. The molecule has 1 atom stereocenters. The van der Waals surface area contributed by atoms with Crippen LogP contribution in [0.25, 0.3) is 0 Å². The Morgan fingerprint density at radius 3 is 2.10 bits per heavy atom. The van der Waals surface area contributed by atoms with Crippen LogP contribution in [0.2, 0.25) is 10.0 Å². The molecule has 3 rings (SSSR count). The number of nitrogens with zero attached hydrogens (tertiary/aromatic N) is 2. The third-order valence-electron chi connectivity index (χ3n) is 6.12. The highest BCUT2D eigenvalue weighted by Crippen LogP contribution is 2.29. The van der Waals surface area contributed by atoms with E-state index in [2.05, 4.69) is 5.32 Å². The topological polar surface area (TPSA) is 86.8 Å². The third-order valence-corrected chi connectivity index (χ3v) is 8.38. The van der Waals surface area contributed by atoms with E-state index >= 15 is 0 Å². The second-order valence-corrected chi connectivity index (χ2v) is 12.2. The van der Waals surface area contributed by atoms with Crippen molar-refractivity contribution in [1.82, 2.24) is 10.2 Å². The highest BCUT2D eigenvalue weighted by atomic mass is 35.5. The first-order chi connectivity index (χ1) is 18.4. The molecular weight excluding hydrogens is 557 g/mol. The summed E-state index contributed by atoms with van der Waals surface area (Å²) in [7, 11) is -4.14. The minimum atomic E-state index is -4.14. The number of hydrogen-bond acceptors (Lipinski definition) is 4. The first kappa shape index (κ1) is 30.5. The van der Waals surface area contributed by atoms with Crippen molar-refractivity contribution in [3.05, 3.63) is 94.0 Å². The Morgan fingerprint density at radius 1 is 0.923 bits per heavy atom. The van der Waals surface area contributed by atoms with E-state index in [-0.39, 0.29) is 23.4 Å². The molecule has 7 nitrogen and oxygen atoms in total. The van der Waals surface area contributed by atoms with E-state index in [1.165, 1.54) is 17.0 Å². The molecule has 0 saturated carbocycles. The van der Waals surface area contributed by atoms with Gasteiger partial charge >= 0.3 is 0 Å². The van der Waals surface area contributed by atoms with Crippen molar-refractivity contribution in [1.29, 1.82) is 0 Å². The Hall–Kier alpha value is -3.07. The van der Waals surface area contributed by atoms with Gasteiger partial charge in [-0.1, -0.05) is 60.5 Å². The van der Waals surface area contributed by atoms with Gasteiger partial charge in [0.2, 0.25) is 11.8 Å². The zero-order chi connectivity index (χ0) is 28.7. The second-order valence-electron chi connectivity index (χ2n) is 9.49. The number of rotatable bonds is 11. The van der Waals surface area contributed by atoms with E-state index in [0.717, 1.165) is 9.87 Å². The lowest BCUT2D eigenvalue weighted by molar-refractivity contribution is -0.140. The van der Waals surface area contributed by atoms with Crippen LogP contribution in [0.5, 0.6) is 0 Å². The Bertz CT molecular complexity index is 1400. The van der Waals surface area contributed by atoms with E-state index in [4.69, 9.17) is 23.2 Å². The lowest BCUT2D eigenvalue weighted by Crippen LogP contribution is -2.53. The van der Waals surface area contributed by atoms with Gasteiger partial charge in [-0.2, -0.15) is 0 Å². The summed E-state index contributed by atoms with van der Waals surface area (Å²) in [6.45, 7) is 6.81. The van der Waals surface area contributed by atoms with Crippen LogP contribution in [0.3, 0.4) is 0 Å². The van der Waals surface area contributed by atoms with Crippen LogP contribution in [0.4, 0.5) is 5.69 Å². The van der Waals surface area contributed by atoms with Crippen LogP contribution in [-0.4, -0.2) is 43.8 Å². The molecule has 208 valence electrons. The minimum absolute atomic E-state index is 0.0426. The normalized spacial score (nSPS) is 12.2. The number of aryl methyl sites for hydroxylation is 1. The maximum Gasteiger partial charge on any atom is 0.264 e. The molecule has 3 aromatic rings. The predicted molar refractivity (Wildman–Crippen MR) is 157 cm³/mol. The average molecular weight is 591 g/mol. The van der Waals surface area contributed by atoms with Crippen molar-refractivity contribution < 1.29 is 18.0 Å². The van der Waals surface area contributed by atoms with Gasteiger partial charge in [-0.15, -0.1) is 0 Å². The summed E-state index contributed by atoms with van der Waals surface area (Å²) in [5.41, 5.74) is 1.66. The number of nitrogens with one attached hydrogen (secondary N) is 1. The molecular formula is C29H33Cl2N3O4S. The molecule has 0 fully saturated rings. The average Bonchev–Trinajstić information content (AvgIpc) is 2.88. The van der Waals surface area contributed by atoms with Crippen LogP contribution in [0.15, 0.2) is 77.7 Å². The summed E-state index contributed by atoms with van der Waals surface area (Å²) in [5, 5.41) is 3.87. The van der Waals surface area contributed by atoms with Gasteiger partial charge in [-0.05, 0) is 80.8 Å². The zero-order valence-electron chi connectivity index (χ0n) is 22.4. The number of sulfonamides is 1. The highest BCUT2D eigenvalue weighted by molar-refractivity contribution is 7.92. The number of carbonyl (C=O) groups is 2. The van der Waals surface area contributed by atoms with Crippen LogP contribution < -0.4 is 9.62 Å². The predicted octanol–water partition coefficient (Wildman–Crippen LogP) is 5.83. The summed E-state index contributed by atoms with van der Waals surface area (Å²) >= 11 is 12.2. The summed E-state index contributed by atoms with van der Waals surface area (Å²) in [6.07, 6.45) is 0.337. The molecule has 0 aliphatic rings. The molecule has 39 heavy (non-hydrogen) atoms. The molecule has 0 aliphatic heterocycles. The third kappa shape index (κ3) is 7.75. The van der Waals surface area contributed by atoms with E-state index in [9.17, 15) is 18.0 Å². The van der Waals surface area contributed by atoms with Gasteiger partial charge in [0.05, 0.1) is 10.6 Å². The Labute approximate surface area is 240 Å². The molecule has 10 heteroatoms. The Balaban J connectivity index is 2.08. The quantitative estimate of drug-likeness (QED) is 0.305. The van der Waals surface area contributed by atoms with Crippen molar-refractivity contribution in [3.8, 4) is 0 Å². The van der Waals surface area contributed by atoms with Gasteiger partial charge in [-0.25, -0.2) is 8.42 Å². The molecule has 0 radical (unpaired) electrons. The lowest BCUT2D eigenvalue weighted by Gasteiger charge is -2.34. The monoisotopic (exact) mass is 589 g/mol. The highest BCUT2D eigenvalue weighted by Gasteiger charge is 2.34. The van der Waals surface area contributed by atoms with Gasteiger partial charge in [-0.3, -0.25) is 13.9 Å². The fourth-order valence-electron chi connectivity index (χ4n) is 4.22. The number of carbonyl (C=O) groups excluding carboxylic acids is 2. The van der Waals surface area contributed by atoms with Gasteiger partial charge in [0.15, 0.2) is 0 Å². The molecule has 3 aromatic carbocycles. The fourth-order valence-corrected chi connectivity index (χ4v) is 6.07. The van der Waals surface area contributed by atoms with Crippen LogP contribution in [-0.2, 0) is 26.2 Å². The van der Waals surface area contributed by atoms with E-state index in [0.29, 0.717) is 27.7 Å². The van der Waals surface area contributed by atoms with Gasteiger partial charge in [0, 0.05) is 22.6 Å². The van der Waals surface area contributed by atoms with Gasteiger partial charge in [0.1, 0.15) is 12.6 Å². The summed E-state index contributed by atoms with van der Waals surface area (Å²) in [5.74, 6) is -0.834. The number of halogens is 2. The summed E-state index contributed by atoms with van der Waals surface area (Å²) in [6, 6.07) is 18.7. The first-order valence-electron chi connectivity index (χ1n) is 12.6. The fraction of sp³-hybridized carbons (Fsp3) is 0.310. The van der Waals surface area contributed by atoms with Crippen molar-refractivity contribution in [2.45, 2.75) is 57.6 Å². The lowest BCUT2D eigenvalue weighted by atomic mass is 10.1. The van der Waals surface area contributed by atoms with Crippen molar-refractivity contribution in [3.63, 3.8) is 0 Å². The van der Waals surface area contributed by atoms with Crippen LogP contribution in [0, 0.1) is 6.92 Å². The van der Waals surface area contributed by atoms with Crippen molar-refractivity contribution >= 4 is 50.7 Å². The van der Waals surface area contributed by atoms with E-state index in [1.54, 1.807) is 67.6 Å². The number of amides is 2. The standard InChI is InChI=1S/C29H33Cl2N3O4S/c1-5-26(29(36)32-20(2)3)33(18-22-11-13-23(30)14-12-22)28(35)19-34(27-16-15-24(31)17-21(27)4)39(37,38)25-9-7-6-8-10-25/h6-17,20,26H,5,18-19H2,1-4H3,(H,32,36)/t26-/m0/s1. The first-order valence-corrected chi connectivity index (χ1v) is 14.8. The van der Waals surface area contributed by atoms with Crippen molar-refractivity contribution in [2.24, 2.45) is 0 Å². The Kier molecular flexibility index (Phi) is 10.4.